The van der Waals surface area contributed by atoms with E-state index in [-0.39, 0.29) is 5.97 Å². The number of benzene rings is 1. The van der Waals surface area contributed by atoms with Crippen molar-refractivity contribution >= 4 is 21.2 Å². The van der Waals surface area contributed by atoms with Gasteiger partial charge < -0.3 is 24.3 Å². The van der Waals surface area contributed by atoms with E-state index < -0.39 is 26.8 Å². The predicted molar refractivity (Wildman–Crippen MR) is 93.8 cm³/mol. The lowest BCUT2D eigenvalue weighted by Gasteiger charge is -2.24. The van der Waals surface area contributed by atoms with E-state index in [4.69, 9.17) is 4.74 Å². The van der Waals surface area contributed by atoms with Crippen molar-refractivity contribution < 1.29 is 38.2 Å². The van der Waals surface area contributed by atoms with Gasteiger partial charge in [0.05, 0.1) is 0 Å². The van der Waals surface area contributed by atoms with Crippen LogP contribution in [0.5, 0.6) is 5.75 Å². The van der Waals surface area contributed by atoms with Gasteiger partial charge in [0, 0.05) is 12.5 Å². The van der Waals surface area contributed by atoms with Crippen molar-refractivity contribution in [2.45, 2.75) is 50.6 Å². The topological polar surface area (TPSA) is 153 Å². The Bertz CT molecular complexity index is 734. The van der Waals surface area contributed by atoms with E-state index in [0.717, 1.165) is 24.0 Å². The molecular formula is C15H23NO8P2. The third-order valence-electron chi connectivity index (χ3n) is 4.10. The van der Waals surface area contributed by atoms with Gasteiger partial charge in [-0.15, -0.1) is 0 Å². The summed E-state index contributed by atoms with van der Waals surface area (Å²) in [6, 6.07) is 4.50. The number of hydrogen-bond donors (Lipinski definition) is 5. The summed E-state index contributed by atoms with van der Waals surface area (Å²) in [6.45, 7) is 1.97. The second kappa shape index (κ2) is 8.31. The van der Waals surface area contributed by atoms with Crippen LogP contribution in [0.15, 0.2) is 18.2 Å². The minimum atomic E-state index is -5.03. The van der Waals surface area contributed by atoms with Crippen LogP contribution in [0.25, 0.3) is 0 Å². The normalized spacial score (nSPS) is 17.4. The quantitative estimate of drug-likeness (QED) is 0.245. The molecule has 0 saturated heterocycles. The number of carbonyl (C=O) groups excluding carboxylic acids is 1. The van der Waals surface area contributed by atoms with Crippen LogP contribution < -0.4 is 10.1 Å². The van der Waals surface area contributed by atoms with Gasteiger partial charge in [-0.05, 0) is 42.5 Å². The molecule has 1 aromatic carbocycles. The molecule has 0 heterocycles. The molecule has 0 aromatic heterocycles. The first-order valence-electron chi connectivity index (χ1n) is 8.19. The predicted octanol–water partition coefficient (Wildman–Crippen LogP) is 1.48. The lowest BCUT2D eigenvalue weighted by molar-refractivity contribution is -0.134. The highest BCUT2D eigenvalue weighted by molar-refractivity contribution is 7.70. The minimum absolute atomic E-state index is 0.312. The van der Waals surface area contributed by atoms with E-state index in [1.54, 1.807) is 18.2 Å². The fourth-order valence-corrected chi connectivity index (χ4v) is 5.26. The second-order valence-electron chi connectivity index (χ2n) is 6.33. The van der Waals surface area contributed by atoms with E-state index in [1.807, 2.05) is 6.92 Å². The zero-order chi connectivity index (χ0) is 19.5. The molecule has 2 rings (SSSR count). The summed E-state index contributed by atoms with van der Waals surface area (Å²) in [5.74, 6) is 0.0505. The highest BCUT2D eigenvalue weighted by Crippen LogP contribution is 2.58. The van der Waals surface area contributed by atoms with Crippen LogP contribution in [0.2, 0.25) is 0 Å². The summed E-state index contributed by atoms with van der Waals surface area (Å²) >= 11 is 0. The number of unbranched alkanes of at least 4 members (excludes halogenated alkanes) is 1. The summed E-state index contributed by atoms with van der Waals surface area (Å²) in [7, 11) is -10.1. The summed E-state index contributed by atoms with van der Waals surface area (Å²) in [5, 5.41) is 2.40. The fourth-order valence-electron chi connectivity index (χ4n) is 2.88. The lowest BCUT2D eigenvalue weighted by Crippen LogP contribution is -2.38. The zero-order valence-electron chi connectivity index (χ0n) is 14.2. The third-order valence-corrected chi connectivity index (χ3v) is 7.48. The van der Waals surface area contributed by atoms with Crippen molar-refractivity contribution in [1.82, 2.24) is 5.32 Å². The van der Waals surface area contributed by atoms with Crippen LogP contribution >= 0.6 is 15.2 Å². The van der Waals surface area contributed by atoms with Gasteiger partial charge in [-0.3, -0.25) is 19.2 Å². The van der Waals surface area contributed by atoms with Crippen LogP contribution in [0.1, 0.15) is 37.3 Å². The molecule has 0 amide bonds. The van der Waals surface area contributed by atoms with Crippen molar-refractivity contribution in [3.63, 3.8) is 0 Å². The van der Waals surface area contributed by atoms with Crippen molar-refractivity contribution in [1.29, 1.82) is 0 Å². The largest absolute Gasteiger partial charge is 0.427 e. The standard InChI is InChI=1S/C15H23NO8P2/c1-2-3-4-14(17)24-13-6-5-10-7-12(8-11(10)9-13)16-15(25(18,19)20)26(21,22)23/h5-6,9,12,15-16H,2-4,7-8H2,1H3,(H2,18,19,20)(H2,21,22,23). The Balaban J connectivity index is 2.05. The molecule has 146 valence electrons. The molecule has 26 heavy (non-hydrogen) atoms. The van der Waals surface area contributed by atoms with Crippen LogP contribution in [0.4, 0.5) is 0 Å². The van der Waals surface area contributed by atoms with Gasteiger partial charge in [-0.2, -0.15) is 0 Å². The molecule has 5 N–H and O–H groups in total. The summed E-state index contributed by atoms with van der Waals surface area (Å²) in [6.07, 6.45) is 2.61. The summed E-state index contributed by atoms with van der Waals surface area (Å²) in [4.78, 5) is 48.5. The molecule has 0 radical (unpaired) electrons. The van der Waals surface area contributed by atoms with Gasteiger partial charge >= 0.3 is 21.2 Å². The average molecular weight is 407 g/mol. The van der Waals surface area contributed by atoms with E-state index >= 15 is 0 Å². The molecule has 9 nitrogen and oxygen atoms in total. The number of hydrogen-bond acceptors (Lipinski definition) is 5. The number of nitrogens with one attached hydrogen (secondary N) is 1. The number of fused-ring (bicyclic) bond motifs is 1. The smallest absolute Gasteiger partial charge is 0.354 e. The molecule has 0 saturated carbocycles. The molecule has 1 aliphatic rings. The molecule has 1 atom stereocenters. The first kappa shape index (κ1) is 21.3. The first-order chi connectivity index (χ1) is 12.0. The third kappa shape index (κ3) is 5.72. The molecule has 1 aliphatic carbocycles. The number of esters is 1. The molecule has 1 unspecified atom stereocenters. The molecule has 1 aromatic rings. The van der Waals surface area contributed by atoms with Gasteiger partial charge in [-0.1, -0.05) is 19.4 Å². The van der Waals surface area contributed by atoms with Crippen LogP contribution in [-0.4, -0.2) is 37.1 Å². The van der Waals surface area contributed by atoms with Crippen molar-refractivity contribution in [2.75, 3.05) is 0 Å². The minimum Gasteiger partial charge on any atom is -0.427 e. The zero-order valence-corrected chi connectivity index (χ0v) is 16.0. The second-order valence-corrected chi connectivity index (χ2v) is 10.1. The van der Waals surface area contributed by atoms with Gasteiger partial charge in [0.1, 0.15) is 5.75 Å². The maximum Gasteiger partial charge on any atom is 0.354 e. The van der Waals surface area contributed by atoms with Crippen molar-refractivity contribution in [3.8, 4) is 5.75 Å². The van der Waals surface area contributed by atoms with Crippen LogP contribution in [0, 0.1) is 0 Å². The SMILES string of the molecule is CCCCC(=O)Oc1ccc2c(c1)CC(NC(P(=O)(O)O)P(=O)(O)O)C2. The van der Waals surface area contributed by atoms with E-state index in [9.17, 15) is 33.5 Å². The van der Waals surface area contributed by atoms with E-state index in [0.29, 0.717) is 25.0 Å². The Morgan fingerprint density at radius 3 is 2.38 bits per heavy atom. The van der Waals surface area contributed by atoms with Gasteiger partial charge in [0.2, 0.25) is 5.52 Å². The van der Waals surface area contributed by atoms with Crippen LogP contribution in [-0.2, 0) is 26.8 Å². The Hall–Kier alpha value is -1.05. The Morgan fingerprint density at radius 1 is 1.19 bits per heavy atom. The maximum atomic E-state index is 11.7. The number of ether oxygens (including phenoxy) is 1. The highest BCUT2D eigenvalue weighted by atomic mass is 31.2. The molecule has 0 fully saturated rings. The average Bonchev–Trinajstić information content (AvgIpc) is 2.90. The van der Waals surface area contributed by atoms with Crippen LogP contribution in [0.3, 0.4) is 0 Å². The van der Waals surface area contributed by atoms with Crippen molar-refractivity contribution in [2.24, 2.45) is 0 Å². The number of carbonyl (C=O) groups is 1. The Morgan fingerprint density at radius 2 is 1.81 bits per heavy atom. The number of rotatable bonds is 8. The monoisotopic (exact) mass is 407 g/mol. The molecule has 0 aliphatic heterocycles. The Labute approximate surface area is 151 Å². The molecule has 0 bridgehead atoms. The highest BCUT2D eigenvalue weighted by Gasteiger charge is 2.45. The summed E-state index contributed by atoms with van der Waals surface area (Å²) < 4.78 is 28.0. The lowest BCUT2D eigenvalue weighted by atomic mass is 10.1. The molecular weight excluding hydrogens is 384 g/mol. The summed E-state index contributed by atoms with van der Waals surface area (Å²) in [5.41, 5.74) is -0.565. The molecule has 11 heteroatoms. The first-order valence-corrected chi connectivity index (χ1v) is 11.6. The fraction of sp³-hybridized carbons (Fsp3) is 0.533. The Kier molecular flexibility index (Phi) is 6.80. The van der Waals surface area contributed by atoms with Gasteiger partial charge in [0.15, 0.2) is 0 Å². The van der Waals surface area contributed by atoms with E-state index in [2.05, 4.69) is 5.32 Å². The van der Waals surface area contributed by atoms with Gasteiger partial charge in [-0.25, -0.2) is 0 Å². The maximum absolute atomic E-state index is 11.7. The molecule has 0 spiro atoms. The van der Waals surface area contributed by atoms with Gasteiger partial charge in [0.25, 0.3) is 0 Å². The van der Waals surface area contributed by atoms with E-state index in [1.165, 1.54) is 0 Å². The van der Waals surface area contributed by atoms with Crippen molar-refractivity contribution in [3.05, 3.63) is 29.3 Å².